The second kappa shape index (κ2) is 11.1. The number of alkyl carbamates (subject to hydrolysis) is 1. The molecule has 8 heteroatoms. The van der Waals surface area contributed by atoms with Crippen molar-refractivity contribution in [2.75, 3.05) is 19.0 Å². The zero-order chi connectivity index (χ0) is 25.6. The minimum atomic E-state index is -0.891. The highest BCUT2D eigenvalue weighted by atomic mass is 16.6. The maximum Gasteiger partial charge on any atom is 0.408 e. The Morgan fingerprint density at radius 1 is 1.14 bits per heavy atom. The molecule has 1 saturated carbocycles. The molecule has 1 fully saturated rings. The van der Waals surface area contributed by atoms with Crippen molar-refractivity contribution >= 4 is 29.7 Å². The van der Waals surface area contributed by atoms with E-state index in [1.807, 2.05) is 24.3 Å². The van der Waals surface area contributed by atoms with Crippen molar-refractivity contribution in [3.05, 3.63) is 66.2 Å². The lowest BCUT2D eigenvalue weighted by atomic mass is 10.0. The molecule has 35 heavy (non-hydrogen) atoms. The van der Waals surface area contributed by atoms with Crippen molar-refractivity contribution in [1.82, 2.24) is 10.2 Å². The minimum absolute atomic E-state index is 0.0954. The Balaban J connectivity index is 1.87. The van der Waals surface area contributed by atoms with Crippen molar-refractivity contribution in [3.63, 3.8) is 0 Å². The summed E-state index contributed by atoms with van der Waals surface area (Å²) in [5.41, 5.74) is 1.39. The highest BCUT2D eigenvalue weighted by molar-refractivity contribution is 5.98. The predicted octanol–water partition coefficient (Wildman–Crippen LogP) is 4.53. The van der Waals surface area contributed by atoms with Crippen LogP contribution in [0.15, 0.2) is 55.1 Å². The van der Waals surface area contributed by atoms with Gasteiger partial charge in [-0.3, -0.25) is 9.59 Å². The van der Waals surface area contributed by atoms with Crippen molar-refractivity contribution in [2.24, 2.45) is 0 Å². The molecule has 2 aromatic rings. The van der Waals surface area contributed by atoms with E-state index >= 15 is 0 Å². The van der Waals surface area contributed by atoms with E-state index in [4.69, 9.17) is 9.47 Å². The summed E-state index contributed by atoms with van der Waals surface area (Å²) in [6.45, 7) is 8.77. The number of anilines is 1. The van der Waals surface area contributed by atoms with Gasteiger partial charge in [-0.05, 0) is 75.1 Å². The topological polar surface area (TPSA) is 97.0 Å². The zero-order valence-corrected chi connectivity index (χ0v) is 20.7. The zero-order valence-electron chi connectivity index (χ0n) is 20.7. The predicted molar refractivity (Wildman–Crippen MR) is 135 cm³/mol. The highest BCUT2D eigenvalue weighted by Gasteiger charge is 2.41. The first-order valence-corrected chi connectivity index (χ1v) is 11.6. The fraction of sp³-hybridized carbons (Fsp3) is 0.370. The first-order valence-electron chi connectivity index (χ1n) is 11.6. The Hall–Kier alpha value is -3.81. The van der Waals surface area contributed by atoms with Gasteiger partial charge in [0.2, 0.25) is 5.91 Å². The van der Waals surface area contributed by atoms with Crippen LogP contribution in [0.25, 0.3) is 6.08 Å². The second-order valence-corrected chi connectivity index (χ2v) is 9.38. The summed E-state index contributed by atoms with van der Waals surface area (Å²) < 4.78 is 10.4. The molecule has 0 aromatic heterocycles. The third kappa shape index (κ3) is 7.34. The number of hydrogen-bond donors (Lipinski definition) is 2. The third-order valence-corrected chi connectivity index (χ3v) is 5.36. The Morgan fingerprint density at radius 3 is 2.40 bits per heavy atom. The van der Waals surface area contributed by atoms with E-state index in [1.165, 1.54) is 0 Å². The Morgan fingerprint density at radius 2 is 1.83 bits per heavy atom. The van der Waals surface area contributed by atoms with Crippen LogP contribution in [0, 0.1) is 0 Å². The molecule has 0 heterocycles. The second-order valence-electron chi connectivity index (χ2n) is 9.38. The molecule has 1 aliphatic carbocycles. The lowest BCUT2D eigenvalue weighted by molar-refractivity contribution is -0.138. The summed E-state index contributed by atoms with van der Waals surface area (Å²) in [6.07, 6.45) is 2.57. The summed E-state index contributed by atoms with van der Waals surface area (Å²) in [5.74, 6) is -0.0487. The van der Waals surface area contributed by atoms with Gasteiger partial charge in [-0.25, -0.2) is 4.79 Å². The van der Waals surface area contributed by atoms with Crippen molar-refractivity contribution < 1.29 is 23.9 Å². The Bertz CT molecular complexity index is 1070. The van der Waals surface area contributed by atoms with Gasteiger partial charge in [0.1, 0.15) is 23.9 Å². The first-order chi connectivity index (χ1) is 16.6. The molecule has 0 radical (unpaired) electrons. The van der Waals surface area contributed by atoms with E-state index in [1.54, 1.807) is 63.1 Å². The average Bonchev–Trinajstić information content (AvgIpc) is 3.65. The summed E-state index contributed by atoms with van der Waals surface area (Å²) >= 11 is 0. The molecule has 3 rings (SSSR count). The van der Waals surface area contributed by atoms with Crippen molar-refractivity contribution in [2.45, 2.75) is 51.3 Å². The Labute approximate surface area is 206 Å². The Kier molecular flexibility index (Phi) is 8.17. The molecule has 0 aliphatic heterocycles. The molecular formula is C27H33N3O5. The first kappa shape index (κ1) is 25.8. The van der Waals surface area contributed by atoms with Gasteiger partial charge in [-0.2, -0.15) is 0 Å². The van der Waals surface area contributed by atoms with Crippen LogP contribution in [0.2, 0.25) is 0 Å². The van der Waals surface area contributed by atoms with Crippen LogP contribution < -0.4 is 15.4 Å². The van der Waals surface area contributed by atoms with Crippen LogP contribution in [-0.2, 0) is 14.3 Å². The van der Waals surface area contributed by atoms with Crippen LogP contribution in [0.4, 0.5) is 10.5 Å². The standard InChI is InChI=1S/C27H33N3O5/c1-6-18-8-7-9-19(16-18)24(25(32)29-20-10-14-22(34-5)15-11-20)30(21-12-13-21)23(31)17-28-26(33)35-27(2,3)4/h6-11,14-16,21,24H,1,12-13,17H2,2-5H3,(H,28,33)(H,29,32). The number of nitrogens with one attached hydrogen (secondary N) is 2. The molecule has 2 aromatic carbocycles. The number of rotatable bonds is 9. The van der Waals surface area contributed by atoms with Gasteiger partial charge in [0.25, 0.3) is 5.91 Å². The summed E-state index contributed by atoms with van der Waals surface area (Å²) in [4.78, 5) is 40.6. The van der Waals surface area contributed by atoms with Gasteiger partial charge in [0, 0.05) is 11.7 Å². The van der Waals surface area contributed by atoms with E-state index in [9.17, 15) is 14.4 Å². The van der Waals surface area contributed by atoms with E-state index in [0.717, 1.165) is 18.4 Å². The third-order valence-electron chi connectivity index (χ3n) is 5.36. The molecule has 186 valence electrons. The largest absolute Gasteiger partial charge is 0.497 e. The maximum atomic E-state index is 13.6. The summed E-state index contributed by atoms with van der Waals surface area (Å²) in [7, 11) is 1.57. The maximum absolute atomic E-state index is 13.6. The molecule has 0 bridgehead atoms. The number of ether oxygens (including phenoxy) is 2. The fourth-order valence-corrected chi connectivity index (χ4v) is 3.64. The van der Waals surface area contributed by atoms with Crippen LogP contribution in [0.3, 0.4) is 0 Å². The number of hydrogen-bond acceptors (Lipinski definition) is 5. The summed E-state index contributed by atoms with van der Waals surface area (Å²) in [6, 6.07) is 13.3. The van der Waals surface area contributed by atoms with Gasteiger partial charge < -0.3 is 25.0 Å². The molecule has 3 amide bonds. The van der Waals surface area contributed by atoms with Gasteiger partial charge in [-0.1, -0.05) is 30.9 Å². The monoisotopic (exact) mass is 479 g/mol. The van der Waals surface area contributed by atoms with Crippen LogP contribution in [0.5, 0.6) is 5.75 Å². The van der Waals surface area contributed by atoms with Crippen LogP contribution in [0.1, 0.15) is 50.8 Å². The molecular weight excluding hydrogens is 446 g/mol. The number of carbonyl (C=O) groups is 3. The van der Waals surface area contributed by atoms with Gasteiger partial charge in [-0.15, -0.1) is 0 Å². The highest BCUT2D eigenvalue weighted by Crippen LogP contribution is 2.36. The number of methoxy groups -OCH3 is 1. The molecule has 1 unspecified atom stereocenters. The number of benzene rings is 2. The number of nitrogens with zero attached hydrogens (tertiary/aromatic N) is 1. The van der Waals surface area contributed by atoms with Crippen molar-refractivity contribution in [3.8, 4) is 5.75 Å². The average molecular weight is 480 g/mol. The van der Waals surface area contributed by atoms with E-state index in [-0.39, 0.29) is 24.4 Å². The van der Waals surface area contributed by atoms with Gasteiger partial charge in [0.05, 0.1) is 7.11 Å². The molecule has 1 atom stereocenters. The quantitative estimate of drug-likeness (QED) is 0.551. The van der Waals surface area contributed by atoms with Crippen LogP contribution in [-0.4, -0.2) is 48.1 Å². The molecule has 8 nitrogen and oxygen atoms in total. The fourth-order valence-electron chi connectivity index (χ4n) is 3.64. The smallest absolute Gasteiger partial charge is 0.408 e. The van der Waals surface area contributed by atoms with Gasteiger partial charge >= 0.3 is 6.09 Å². The number of amides is 3. The lowest BCUT2D eigenvalue weighted by Gasteiger charge is -2.32. The van der Waals surface area contributed by atoms with E-state index in [0.29, 0.717) is 17.0 Å². The molecule has 2 N–H and O–H groups in total. The van der Waals surface area contributed by atoms with E-state index in [2.05, 4.69) is 17.2 Å². The van der Waals surface area contributed by atoms with Crippen LogP contribution >= 0.6 is 0 Å². The lowest BCUT2D eigenvalue weighted by Crippen LogP contribution is -2.47. The van der Waals surface area contributed by atoms with Gasteiger partial charge in [0.15, 0.2) is 0 Å². The van der Waals surface area contributed by atoms with E-state index < -0.39 is 17.7 Å². The minimum Gasteiger partial charge on any atom is -0.497 e. The normalized spacial score (nSPS) is 13.8. The molecule has 1 aliphatic rings. The number of carbonyl (C=O) groups excluding carboxylic acids is 3. The molecule has 0 spiro atoms. The SMILES string of the molecule is C=Cc1cccc(C(C(=O)Nc2ccc(OC)cc2)N(C(=O)CNC(=O)OC(C)(C)C)C2CC2)c1. The van der Waals surface area contributed by atoms with Crippen molar-refractivity contribution in [1.29, 1.82) is 0 Å². The molecule has 0 saturated heterocycles. The summed E-state index contributed by atoms with van der Waals surface area (Å²) in [5, 5.41) is 5.44.